The molecular weight excluding hydrogens is 353 g/mol. The minimum absolute atomic E-state index is 0. The van der Waals surface area contributed by atoms with Crippen LogP contribution in [0, 0.1) is 0 Å². The van der Waals surface area contributed by atoms with Gasteiger partial charge in [0.05, 0.1) is 0 Å². The minimum Gasteiger partial charge on any atom is -1.00 e. The molecule has 0 rings (SSSR count). The average molecular weight is 373 g/mol. The Balaban J connectivity index is 0. The molecule has 8 radical (unpaired) electrons. The van der Waals surface area contributed by atoms with E-state index in [4.69, 9.17) is 0 Å². The minimum atomic E-state index is 0. The van der Waals surface area contributed by atoms with Crippen LogP contribution in [0.15, 0.2) is 0 Å². The molecule has 0 aliphatic heterocycles. The molecular formula is C4H20ClO2Sn2-. The Kier molecular flexibility index (Phi) is 8230. The van der Waals surface area contributed by atoms with Crippen molar-refractivity contribution in [3.63, 3.8) is 0 Å². The normalized spacial score (nSPS) is 0. The van der Waals surface area contributed by atoms with E-state index in [9.17, 15) is 0 Å². The number of hydrogen-bond donors (Lipinski definition) is 0. The topological polar surface area (TPSA) is 63.0 Å². The van der Waals surface area contributed by atoms with Crippen molar-refractivity contribution in [2.75, 3.05) is 0 Å². The van der Waals surface area contributed by atoms with Gasteiger partial charge in [-0.2, -0.15) is 0 Å². The summed E-state index contributed by atoms with van der Waals surface area (Å²) >= 11 is 0. The molecule has 0 aromatic rings. The molecule has 0 saturated heterocycles. The van der Waals surface area contributed by atoms with Gasteiger partial charge in [0, 0.05) is 47.8 Å². The summed E-state index contributed by atoms with van der Waals surface area (Å²) in [5.41, 5.74) is 0. The summed E-state index contributed by atoms with van der Waals surface area (Å²) < 4.78 is 0. The van der Waals surface area contributed by atoms with E-state index in [-0.39, 0.29) is 101 Å². The van der Waals surface area contributed by atoms with E-state index in [0.29, 0.717) is 0 Å². The van der Waals surface area contributed by atoms with Crippen LogP contribution in [-0.2, 0) is 0 Å². The molecule has 9 heavy (non-hydrogen) atoms. The molecule has 5 heteroatoms. The Morgan fingerprint density at radius 1 is 0.444 bits per heavy atom. The summed E-state index contributed by atoms with van der Waals surface area (Å²) in [6, 6.07) is 0. The second-order valence-corrected chi connectivity index (χ2v) is 0. The molecule has 0 spiro atoms. The van der Waals surface area contributed by atoms with Gasteiger partial charge in [-0.25, -0.2) is 0 Å². The molecule has 4 N–H and O–H groups in total. The summed E-state index contributed by atoms with van der Waals surface area (Å²) in [7, 11) is 0. The second kappa shape index (κ2) is 233. The smallest absolute Gasteiger partial charge is 0 e. The van der Waals surface area contributed by atoms with Crippen LogP contribution in [0.4, 0.5) is 0 Å². The number of halogens is 1. The van der Waals surface area contributed by atoms with Crippen molar-refractivity contribution in [3.8, 4) is 0 Å². The Morgan fingerprint density at radius 3 is 0.444 bits per heavy atom. The number of hydrogen-bond acceptors (Lipinski definition) is 0. The maximum Gasteiger partial charge on any atom is 0 e. The van der Waals surface area contributed by atoms with Gasteiger partial charge in [-0.3, -0.25) is 0 Å². The first-order chi connectivity index (χ1) is 0. The fourth-order valence-electron chi connectivity index (χ4n) is 0. The standard InChI is InChI=1S/4CH4.ClH.2H2O.2Sn/h4*1H4;1H;2*1H2;;/p-1. The quantitative estimate of drug-likeness (QED) is 0.411. The van der Waals surface area contributed by atoms with Crippen LogP contribution in [0.5, 0.6) is 0 Å². The van der Waals surface area contributed by atoms with Crippen molar-refractivity contribution in [2.24, 2.45) is 0 Å². The molecule has 0 bridgehead atoms. The van der Waals surface area contributed by atoms with Crippen LogP contribution in [0.2, 0.25) is 0 Å². The van der Waals surface area contributed by atoms with Crippen molar-refractivity contribution in [1.29, 1.82) is 0 Å². The third-order valence-corrected chi connectivity index (χ3v) is 0. The predicted octanol–water partition coefficient (Wildman–Crippen LogP) is -2.86. The number of rotatable bonds is 0. The van der Waals surface area contributed by atoms with Gasteiger partial charge in [0.2, 0.25) is 0 Å². The van der Waals surface area contributed by atoms with Gasteiger partial charge in [0.1, 0.15) is 0 Å². The Hall–Kier alpha value is 1.81. The van der Waals surface area contributed by atoms with Crippen molar-refractivity contribution < 1.29 is 23.4 Å². The van der Waals surface area contributed by atoms with Gasteiger partial charge >= 0.3 is 0 Å². The van der Waals surface area contributed by atoms with E-state index in [1.54, 1.807) is 0 Å². The Morgan fingerprint density at radius 2 is 0.444 bits per heavy atom. The van der Waals surface area contributed by atoms with Crippen LogP contribution in [0.1, 0.15) is 29.7 Å². The molecule has 0 aromatic carbocycles. The monoisotopic (exact) mass is 375 g/mol. The van der Waals surface area contributed by atoms with Crippen molar-refractivity contribution in [1.82, 2.24) is 0 Å². The molecule has 2 nitrogen and oxygen atoms in total. The van der Waals surface area contributed by atoms with E-state index in [2.05, 4.69) is 0 Å². The molecule has 0 aliphatic rings. The van der Waals surface area contributed by atoms with E-state index < -0.39 is 0 Å². The van der Waals surface area contributed by atoms with Gasteiger partial charge in [0.15, 0.2) is 0 Å². The summed E-state index contributed by atoms with van der Waals surface area (Å²) in [5.74, 6) is 0. The zero-order valence-corrected chi connectivity index (χ0v) is 8.84. The maximum absolute atomic E-state index is 0. The molecule has 0 amide bonds. The molecule has 0 heterocycles. The van der Waals surface area contributed by atoms with Crippen molar-refractivity contribution in [3.05, 3.63) is 0 Å². The third-order valence-electron chi connectivity index (χ3n) is 0. The summed E-state index contributed by atoms with van der Waals surface area (Å²) in [5, 5.41) is 0. The average Bonchev–Trinajstić information content (AvgIpc) is 0. The van der Waals surface area contributed by atoms with E-state index in [1.165, 1.54) is 0 Å². The fraction of sp³-hybridized carbons (Fsp3) is 1.00. The van der Waals surface area contributed by atoms with E-state index in [0.717, 1.165) is 0 Å². The molecule has 0 saturated carbocycles. The summed E-state index contributed by atoms with van der Waals surface area (Å²) in [6.07, 6.45) is 0. The molecule has 64 valence electrons. The van der Waals surface area contributed by atoms with Crippen LogP contribution >= 0.6 is 0 Å². The van der Waals surface area contributed by atoms with E-state index in [1.807, 2.05) is 0 Å². The van der Waals surface area contributed by atoms with Gasteiger partial charge in [-0.1, -0.05) is 29.7 Å². The van der Waals surface area contributed by atoms with Crippen LogP contribution in [0.25, 0.3) is 0 Å². The molecule has 0 aliphatic carbocycles. The molecule has 0 aromatic heterocycles. The van der Waals surface area contributed by atoms with Gasteiger partial charge < -0.3 is 23.4 Å². The van der Waals surface area contributed by atoms with Crippen molar-refractivity contribution >= 4 is 47.8 Å². The first-order valence-corrected chi connectivity index (χ1v) is 0. The molecule has 0 fully saturated rings. The van der Waals surface area contributed by atoms with Crippen LogP contribution in [0.3, 0.4) is 0 Å². The first kappa shape index (κ1) is 318. The van der Waals surface area contributed by atoms with Crippen LogP contribution in [-0.4, -0.2) is 58.8 Å². The first-order valence-electron chi connectivity index (χ1n) is 0. The third kappa shape index (κ3) is 183. The van der Waals surface area contributed by atoms with Crippen LogP contribution < -0.4 is 12.4 Å². The second-order valence-electron chi connectivity index (χ2n) is 0. The largest absolute Gasteiger partial charge is 1.00 e. The zero-order valence-electron chi connectivity index (χ0n) is 2.38. The van der Waals surface area contributed by atoms with Gasteiger partial charge in [-0.05, 0) is 0 Å². The maximum atomic E-state index is 0. The SMILES string of the molecule is C.C.C.C.O.O.[Cl-].[Sn].[Sn]. The Bertz CT molecular complexity index is 16.5. The molecule has 0 unspecified atom stereocenters. The summed E-state index contributed by atoms with van der Waals surface area (Å²) in [6.45, 7) is 0. The molecule has 0 atom stereocenters. The zero-order chi connectivity index (χ0) is 0. The van der Waals surface area contributed by atoms with Gasteiger partial charge in [-0.15, -0.1) is 0 Å². The summed E-state index contributed by atoms with van der Waals surface area (Å²) in [4.78, 5) is 0. The fourth-order valence-corrected chi connectivity index (χ4v) is 0. The van der Waals surface area contributed by atoms with Gasteiger partial charge in [0.25, 0.3) is 0 Å². The predicted molar refractivity (Wildman–Crippen MR) is 45.7 cm³/mol. The van der Waals surface area contributed by atoms with Crippen molar-refractivity contribution in [2.45, 2.75) is 29.7 Å². The van der Waals surface area contributed by atoms with E-state index >= 15 is 0 Å². The Labute approximate surface area is 100 Å².